The van der Waals surface area contributed by atoms with E-state index in [-0.39, 0.29) is 0 Å². The fraction of sp³-hybridized carbons (Fsp3) is 0.846. The molecule has 0 N–H and O–H groups in total. The molecule has 0 aromatic heterocycles. The molecule has 0 aromatic carbocycles. The monoisotopic (exact) mass is 196 g/mol. The number of hydrogen-bond acceptors (Lipinski definition) is 1. The van der Waals surface area contributed by atoms with Crippen LogP contribution in [0, 0.1) is 0 Å². The summed E-state index contributed by atoms with van der Waals surface area (Å²) in [7, 11) is 0. The van der Waals surface area contributed by atoms with Gasteiger partial charge in [-0.25, -0.2) is 0 Å². The summed E-state index contributed by atoms with van der Waals surface area (Å²) in [5, 5.41) is 0. The fourth-order valence-corrected chi connectivity index (χ4v) is 1.95. The second kappa shape index (κ2) is 7.90. The van der Waals surface area contributed by atoms with E-state index in [1.165, 1.54) is 57.8 Å². The summed E-state index contributed by atoms with van der Waals surface area (Å²) < 4.78 is 5.63. The molecule has 0 saturated heterocycles. The topological polar surface area (TPSA) is 9.23 Å². The van der Waals surface area contributed by atoms with Gasteiger partial charge in [0.15, 0.2) is 0 Å². The largest absolute Gasteiger partial charge is 0.498 e. The Kier molecular flexibility index (Phi) is 6.55. The highest BCUT2D eigenvalue weighted by molar-refractivity contribution is 4.79. The standard InChI is InChI=1S/C13H24O/c1-2-3-4-5-7-10-13-11-8-6-9-12-14-13/h9,12-13H,2-8,10-11H2,1H3. The molecule has 1 rings (SSSR count). The van der Waals surface area contributed by atoms with Crippen molar-refractivity contribution >= 4 is 0 Å². The average Bonchev–Trinajstić information content (AvgIpc) is 2.46. The van der Waals surface area contributed by atoms with Crippen molar-refractivity contribution in [2.75, 3.05) is 0 Å². The minimum Gasteiger partial charge on any atom is -0.498 e. The molecule has 0 aliphatic carbocycles. The molecule has 0 aromatic rings. The molecule has 1 atom stereocenters. The summed E-state index contributed by atoms with van der Waals surface area (Å²) in [5.41, 5.74) is 0. The van der Waals surface area contributed by atoms with Gasteiger partial charge in [0.05, 0.1) is 12.4 Å². The van der Waals surface area contributed by atoms with Crippen molar-refractivity contribution in [3.8, 4) is 0 Å². The zero-order valence-corrected chi connectivity index (χ0v) is 9.50. The third kappa shape index (κ3) is 5.31. The highest BCUT2D eigenvalue weighted by Crippen LogP contribution is 2.17. The maximum Gasteiger partial charge on any atom is 0.0978 e. The molecule has 1 nitrogen and oxygen atoms in total. The van der Waals surface area contributed by atoms with Gasteiger partial charge in [-0.3, -0.25) is 0 Å². The van der Waals surface area contributed by atoms with Gasteiger partial charge in [-0.05, 0) is 38.2 Å². The molecule has 82 valence electrons. The number of hydrogen-bond donors (Lipinski definition) is 0. The molecule has 0 fully saturated rings. The van der Waals surface area contributed by atoms with Crippen LogP contribution in [0.15, 0.2) is 12.3 Å². The Morgan fingerprint density at radius 1 is 1.21 bits per heavy atom. The quantitative estimate of drug-likeness (QED) is 0.571. The molecule has 0 radical (unpaired) electrons. The summed E-state index contributed by atoms with van der Waals surface area (Å²) in [6, 6.07) is 0. The Morgan fingerprint density at radius 2 is 2.07 bits per heavy atom. The third-order valence-electron chi connectivity index (χ3n) is 2.89. The Bertz CT molecular complexity index is 151. The predicted molar refractivity (Wildman–Crippen MR) is 61.2 cm³/mol. The van der Waals surface area contributed by atoms with Gasteiger partial charge in [-0.15, -0.1) is 0 Å². The van der Waals surface area contributed by atoms with E-state index in [1.807, 2.05) is 6.26 Å². The molecule has 1 aliphatic heterocycles. The van der Waals surface area contributed by atoms with Crippen molar-refractivity contribution < 1.29 is 4.74 Å². The summed E-state index contributed by atoms with van der Waals surface area (Å²) in [5.74, 6) is 0. The molecule has 1 unspecified atom stereocenters. The summed E-state index contributed by atoms with van der Waals surface area (Å²) in [4.78, 5) is 0. The van der Waals surface area contributed by atoms with Crippen LogP contribution in [-0.4, -0.2) is 6.10 Å². The fourth-order valence-electron chi connectivity index (χ4n) is 1.95. The lowest BCUT2D eigenvalue weighted by Gasteiger charge is -2.14. The van der Waals surface area contributed by atoms with Crippen molar-refractivity contribution in [1.82, 2.24) is 0 Å². The van der Waals surface area contributed by atoms with Gasteiger partial charge in [-0.1, -0.05) is 32.6 Å². The van der Waals surface area contributed by atoms with Gasteiger partial charge in [0.1, 0.15) is 0 Å². The SMILES string of the molecule is CCCCCCCC1CCCC=CO1. The molecule has 0 spiro atoms. The first kappa shape index (κ1) is 11.6. The Balaban J connectivity index is 1.97. The highest BCUT2D eigenvalue weighted by Gasteiger charge is 2.09. The van der Waals surface area contributed by atoms with Gasteiger partial charge < -0.3 is 4.74 Å². The van der Waals surface area contributed by atoms with Crippen LogP contribution in [0.2, 0.25) is 0 Å². The lowest BCUT2D eigenvalue weighted by molar-refractivity contribution is 0.127. The van der Waals surface area contributed by atoms with Gasteiger partial charge >= 0.3 is 0 Å². The van der Waals surface area contributed by atoms with Gasteiger partial charge in [0.2, 0.25) is 0 Å². The van der Waals surface area contributed by atoms with Crippen LogP contribution in [0.5, 0.6) is 0 Å². The Morgan fingerprint density at radius 3 is 2.93 bits per heavy atom. The van der Waals surface area contributed by atoms with Crippen LogP contribution >= 0.6 is 0 Å². The molecule has 0 saturated carbocycles. The smallest absolute Gasteiger partial charge is 0.0978 e. The van der Waals surface area contributed by atoms with Crippen LogP contribution in [0.25, 0.3) is 0 Å². The summed E-state index contributed by atoms with van der Waals surface area (Å²) >= 11 is 0. The average molecular weight is 196 g/mol. The van der Waals surface area contributed by atoms with Crippen LogP contribution in [-0.2, 0) is 4.74 Å². The maximum absolute atomic E-state index is 5.63. The number of unbranched alkanes of at least 4 members (excludes halogenated alkanes) is 4. The van der Waals surface area contributed by atoms with E-state index in [1.54, 1.807) is 0 Å². The van der Waals surface area contributed by atoms with Crippen molar-refractivity contribution in [1.29, 1.82) is 0 Å². The molecule has 1 heteroatoms. The first-order chi connectivity index (χ1) is 6.93. The molecule has 0 bridgehead atoms. The van der Waals surface area contributed by atoms with Crippen LogP contribution < -0.4 is 0 Å². The van der Waals surface area contributed by atoms with Crippen molar-refractivity contribution in [3.05, 3.63) is 12.3 Å². The third-order valence-corrected chi connectivity index (χ3v) is 2.89. The van der Waals surface area contributed by atoms with Crippen molar-refractivity contribution in [3.63, 3.8) is 0 Å². The van der Waals surface area contributed by atoms with Crippen molar-refractivity contribution in [2.45, 2.75) is 70.8 Å². The second-order valence-corrected chi connectivity index (χ2v) is 4.26. The number of allylic oxidation sites excluding steroid dienone is 1. The van der Waals surface area contributed by atoms with E-state index in [2.05, 4.69) is 13.0 Å². The second-order valence-electron chi connectivity index (χ2n) is 4.26. The van der Waals surface area contributed by atoms with Gasteiger partial charge in [0.25, 0.3) is 0 Å². The highest BCUT2D eigenvalue weighted by atomic mass is 16.5. The van der Waals surface area contributed by atoms with E-state index in [4.69, 9.17) is 4.74 Å². The number of rotatable bonds is 6. The summed E-state index contributed by atoms with van der Waals surface area (Å²) in [6.45, 7) is 2.26. The molecular weight excluding hydrogens is 172 g/mol. The van der Waals surface area contributed by atoms with E-state index in [0.717, 1.165) is 0 Å². The van der Waals surface area contributed by atoms with E-state index < -0.39 is 0 Å². The van der Waals surface area contributed by atoms with Gasteiger partial charge in [0, 0.05) is 0 Å². The van der Waals surface area contributed by atoms with Crippen LogP contribution in [0.3, 0.4) is 0 Å². The molecule has 1 aliphatic rings. The molecule has 0 amide bonds. The van der Waals surface area contributed by atoms with Crippen molar-refractivity contribution in [2.24, 2.45) is 0 Å². The zero-order chi connectivity index (χ0) is 10.1. The van der Waals surface area contributed by atoms with E-state index in [9.17, 15) is 0 Å². The number of ether oxygens (including phenoxy) is 1. The van der Waals surface area contributed by atoms with E-state index >= 15 is 0 Å². The van der Waals surface area contributed by atoms with Gasteiger partial charge in [-0.2, -0.15) is 0 Å². The molecule has 14 heavy (non-hydrogen) atoms. The first-order valence-electron chi connectivity index (χ1n) is 6.24. The lowest BCUT2D eigenvalue weighted by Crippen LogP contribution is -2.08. The maximum atomic E-state index is 5.63. The normalized spacial score (nSPS) is 21.6. The van der Waals surface area contributed by atoms with Crippen LogP contribution in [0.1, 0.15) is 64.7 Å². The molecule has 1 heterocycles. The minimum atomic E-state index is 0.510. The van der Waals surface area contributed by atoms with E-state index in [0.29, 0.717) is 6.10 Å². The van der Waals surface area contributed by atoms with Crippen LogP contribution in [0.4, 0.5) is 0 Å². The zero-order valence-electron chi connectivity index (χ0n) is 9.50. The summed E-state index contributed by atoms with van der Waals surface area (Å²) in [6.07, 6.45) is 16.4. The first-order valence-corrected chi connectivity index (χ1v) is 6.24. The minimum absolute atomic E-state index is 0.510. The Hall–Kier alpha value is -0.460. The molecular formula is C13H24O. The lowest BCUT2D eigenvalue weighted by atomic mass is 10.0. The Labute approximate surface area is 88.5 Å². The predicted octanol–water partition coefficient (Wildman–Crippen LogP) is 4.43.